The number of amides is 2. The summed E-state index contributed by atoms with van der Waals surface area (Å²) in [7, 11) is 0. The molecule has 2 aromatic rings. The molecule has 0 fully saturated rings. The second kappa shape index (κ2) is 4.06. The number of aromatic nitrogens is 1. The molecule has 4 N–H and O–H groups in total. The molecular formula is C12H10FN3O2. The second-order valence-corrected chi connectivity index (χ2v) is 3.90. The number of nitrogens with zero attached hydrogens (tertiary/aromatic N) is 1. The van der Waals surface area contributed by atoms with Crippen molar-refractivity contribution >= 4 is 22.7 Å². The topological polar surface area (TPSA) is 99.1 Å². The first-order chi connectivity index (χ1) is 8.40. The zero-order valence-corrected chi connectivity index (χ0v) is 9.53. The number of carbonyl (C=O) groups excluding carboxylic acids is 2. The Bertz CT molecular complexity index is 683. The lowest BCUT2D eigenvalue weighted by molar-refractivity contribution is 0.0995. The van der Waals surface area contributed by atoms with Crippen LogP contribution in [0.15, 0.2) is 18.2 Å². The average Bonchev–Trinajstić information content (AvgIpc) is 2.29. The van der Waals surface area contributed by atoms with E-state index < -0.39 is 17.6 Å². The van der Waals surface area contributed by atoms with E-state index in [9.17, 15) is 14.0 Å². The molecule has 2 amide bonds. The van der Waals surface area contributed by atoms with E-state index in [-0.39, 0.29) is 16.8 Å². The summed E-state index contributed by atoms with van der Waals surface area (Å²) in [6.07, 6.45) is 0. The SMILES string of the molecule is Cc1cc2c(C(N)=O)cc(C(N)=O)nc2cc1F. The summed E-state index contributed by atoms with van der Waals surface area (Å²) in [5.41, 5.74) is 10.8. The fourth-order valence-corrected chi connectivity index (χ4v) is 1.69. The van der Waals surface area contributed by atoms with Crippen molar-refractivity contribution in [3.8, 4) is 0 Å². The molecule has 5 nitrogen and oxygen atoms in total. The van der Waals surface area contributed by atoms with Gasteiger partial charge in [-0.3, -0.25) is 9.59 Å². The van der Waals surface area contributed by atoms with Crippen molar-refractivity contribution in [3.05, 3.63) is 40.8 Å². The van der Waals surface area contributed by atoms with Gasteiger partial charge in [0.25, 0.3) is 5.91 Å². The minimum atomic E-state index is -0.805. The average molecular weight is 247 g/mol. The first-order valence-electron chi connectivity index (χ1n) is 5.10. The Morgan fingerprint density at radius 3 is 2.39 bits per heavy atom. The van der Waals surface area contributed by atoms with Crippen molar-refractivity contribution in [2.75, 3.05) is 0 Å². The number of halogens is 1. The number of carbonyl (C=O) groups is 2. The first-order valence-corrected chi connectivity index (χ1v) is 5.10. The number of aryl methyl sites for hydroxylation is 1. The number of hydrogen-bond acceptors (Lipinski definition) is 3. The van der Waals surface area contributed by atoms with Crippen molar-refractivity contribution in [1.29, 1.82) is 0 Å². The van der Waals surface area contributed by atoms with Crippen LogP contribution in [0.5, 0.6) is 0 Å². The summed E-state index contributed by atoms with van der Waals surface area (Å²) >= 11 is 0. The molecule has 0 aliphatic heterocycles. The Morgan fingerprint density at radius 2 is 1.83 bits per heavy atom. The Kier molecular flexibility index (Phi) is 2.70. The molecule has 0 saturated heterocycles. The third-order valence-corrected chi connectivity index (χ3v) is 2.61. The number of pyridine rings is 1. The maximum atomic E-state index is 13.4. The van der Waals surface area contributed by atoms with Gasteiger partial charge in [0, 0.05) is 11.5 Å². The molecule has 92 valence electrons. The van der Waals surface area contributed by atoms with E-state index in [1.54, 1.807) is 6.92 Å². The van der Waals surface area contributed by atoms with Crippen LogP contribution in [0.3, 0.4) is 0 Å². The first kappa shape index (κ1) is 12.0. The lowest BCUT2D eigenvalue weighted by Gasteiger charge is -2.07. The maximum Gasteiger partial charge on any atom is 0.267 e. The molecular weight excluding hydrogens is 237 g/mol. The molecule has 2 rings (SSSR count). The molecule has 18 heavy (non-hydrogen) atoms. The van der Waals surface area contributed by atoms with E-state index in [4.69, 9.17) is 11.5 Å². The van der Waals surface area contributed by atoms with E-state index >= 15 is 0 Å². The summed E-state index contributed by atoms with van der Waals surface area (Å²) in [5.74, 6) is -2.01. The standard InChI is InChI=1S/C12H10FN3O2/c1-5-2-6-7(11(14)17)3-10(12(15)18)16-9(6)4-8(5)13/h2-4H,1H3,(H2,14,17)(H2,15,18). The van der Waals surface area contributed by atoms with Crippen molar-refractivity contribution in [3.63, 3.8) is 0 Å². The highest BCUT2D eigenvalue weighted by Crippen LogP contribution is 2.21. The number of rotatable bonds is 2. The molecule has 1 heterocycles. The van der Waals surface area contributed by atoms with Crippen LogP contribution in [0.1, 0.15) is 26.4 Å². The largest absolute Gasteiger partial charge is 0.366 e. The summed E-state index contributed by atoms with van der Waals surface area (Å²) in [6.45, 7) is 1.56. The van der Waals surface area contributed by atoms with Gasteiger partial charge in [-0.1, -0.05) is 0 Å². The Morgan fingerprint density at radius 1 is 1.17 bits per heavy atom. The zero-order chi connectivity index (χ0) is 13.4. The number of nitrogens with two attached hydrogens (primary N) is 2. The highest BCUT2D eigenvalue weighted by atomic mass is 19.1. The Balaban J connectivity index is 2.89. The molecule has 0 unspecified atom stereocenters. The van der Waals surface area contributed by atoms with Crippen LogP contribution in [-0.2, 0) is 0 Å². The predicted octanol–water partition coefficient (Wildman–Crippen LogP) is 0.880. The van der Waals surface area contributed by atoms with Crippen molar-refractivity contribution in [1.82, 2.24) is 4.98 Å². The van der Waals surface area contributed by atoms with Crippen LogP contribution in [0, 0.1) is 12.7 Å². The minimum Gasteiger partial charge on any atom is -0.366 e. The molecule has 0 saturated carbocycles. The zero-order valence-electron chi connectivity index (χ0n) is 9.53. The molecule has 0 spiro atoms. The Hall–Kier alpha value is -2.50. The van der Waals surface area contributed by atoms with Crippen LogP contribution in [-0.4, -0.2) is 16.8 Å². The van der Waals surface area contributed by atoms with Gasteiger partial charge in [-0.2, -0.15) is 0 Å². The highest BCUT2D eigenvalue weighted by molar-refractivity contribution is 6.07. The lowest BCUT2D eigenvalue weighted by Crippen LogP contribution is -2.17. The van der Waals surface area contributed by atoms with Gasteiger partial charge < -0.3 is 11.5 Å². The summed E-state index contributed by atoms with van der Waals surface area (Å²) in [6, 6.07) is 3.82. The molecule has 0 aliphatic carbocycles. The van der Waals surface area contributed by atoms with Crippen LogP contribution in [0.2, 0.25) is 0 Å². The van der Waals surface area contributed by atoms with Crippen LogP contribution in [0.4, 0.5) is 4.39 Å². The number of primary amides is 2. The van der Waals surface area contributed by atoms with Gasteiger partial charge in [-0.05, 0) is 24.6 Å². The second-order valence-electron chi connectivity index (χ2n) is 3.90. The van der Waals surface area contributed by atoms with Crippen molar-refractivity contribution < 1.29 is 14.0 Å². The number of fused-ring (bicyclic) bond motifs is 1. The number of benzene rings is 1. The Labute approximate surface area is 102 Å². The van der Waals surface area contributed by atoms with E-state index in [0.29, 0.717) is 10.9 Å². The van der Waals surface area contributed by atoms with Crippen LogP contribution < -0.4 is 11.5 Å². The summed E-state index contributed by atoms with van der Waals surface area (Å²) < 4.78 is 13.4. The third-order valence-electron chi connectivity index (χ3n) is 2.61. The van der Waals surface area contributed by atoms with Gasteiger partial charge in [0.05, 0.1) is 11.1 Å². The van der Waals surface area contributed by atoms with Gasteiger partial charge in [-0.25, -0.2) is 9.37 Å². The van der Waals surface area contributed by atoms with E-state index in [1.165, 1.54) is 12.1 Å². The van der Waals surface area contributed by atoms with Crippen molar-refractivity contribution in [2.45, 2.75) is 6.92 Å². The quantitative estimate of drug-likeness (QED) is 0.823. The molecule has 6 heteroatoms. The molecule has 1 aromatic carbocycles. The lowest BCUT2D eigenvalue weighted by atomic mass is 10.0. The van der Waals surface area contributed by atoms with Crippen molar-refractivity contribution in [2.24, 2.45) is 11.5 Å². The molecule has 0 atom stereocenters. The molecule has 1 aromatic heterocycles. The molecule has 0 bridgehead atoms. The normalized spacial score (nSPS) is 10.6. The maximum absolute atomic E-state index is 13.4. The van der Waals surface area contributed by atoms with Crippen LogP contribution in [0.25, 0.3) is 10.9 Å². The van der Waals surface area contributed by atoms with E-state index in [2.05, 4.69) is 4.98 Å². The van der Waals surface area contributed by atoms with Gasteiger partial charge in [0.1, 0.15) is 11.5 Å². The highest BCUT2D eigenvalue weighted by Gasteiger charge is 2.14. The predicted molar refractivity (Wildman–Crippen MR) is 63.5 cm³/mol. The van der Waals surface area contributed by atoms with Gasteiger partial charge in [0.2, 0.25) is 5.91 Å². The monoisotopic (exact) mass is 247 g/mol. The van der Waals surface area contributed by atoms with Gasteiger partial charge in [0.15, 0.2) is 0 Å². The summed E-state index contributed by atoms with van der Waals surface area (Å²) in [5, 5.41) is 0.395. The molecule has 0 aliphatic rings. The van der Waals surface area contributed by atoms with E-state index in [1.807, 2.05) is 0 Å². The van der Waals surface area contributed by atoms with Crippen LogP contribution >= 0.6 is 0 Å². The molecule has 0 radical (unpaired) electrons. The van der Waals surface area contributed by atoms with Gasteiger partial charge >= 0.3 is 0 Å². The minimum absolute atomic E-state index is 0.0944. The smallest absolute Gasteiger partial charge is 0.267 e. The number of hydrogen-bond donors (Lipinski definition) is 2. The van der Waals surface area contributed by atoms with E-state index in [0.717, 1.165) is 6.07 Å². The van der Waals surface area contributed by atoms with Gasteiger partial charge in [-0.15, -0.1) is 0 Å². The fraction of sp³-hybridized carbons (Fsp3) is 0.0833. The fourth-order valence-electron chi connectivity index (χ4n) is 1.69. The summed E-state index contributed by atoms with van der Waals surface area (Å²) in [4.78, 5) is 26.3. The third kappa shape index (κ3) is 1.88.